The summed E-state index contributed by atoms with van der Waals surface area (Å²) in [5, 5.41) is 11.5. The third-order valence-corrected chi connectivity index (χ3v) is 5.22. The lowest BCUT2D eigenvalue weighted by Gasteiger charge is -2.21. The summed E-state index contributed by atoms with van der Waals surface area (Å²) in [7, 11) is -2.03. The Morgan fingerprint density at radius 1 is 1.24 bits per heavy atom. The van der Waals surface area contributed by atoms with E-state index in [2.05, 4.69) is 5.32 Å². The molecule has 0 aliphatic heterocycles. The Morgan fingerprint density at radius 2 is 1.76 bits per heavy atom. The van der Waals surface area contributed by atoms with Gasteiger partial charge >= 0.3 is 0 Å². The second-order valence-electron chi connectivity index (χ2n) is 5.20. The number of rotatable bonds is 6. The molecular weight excluding hydrogens is 292 g/mol. The SMILES string of the molecule is CC(CO)NC(=O)c1ccc(S(=O)(=O)N(C)C(C)C)cc1. The van der Waals surface area contributed by atoms with Gasteiger partial charge in [-0.25, -0.2) is 8.42 Å². The average molecular weight is 314 g/mol. The van der Waals surface area contributed by atoms with Crippen LogP contribution in [0.4, 0.5) is 0 Å². The van der Waals surface area contributed by atoms with Gasteiger partial charge in [0.05, 0.1) is 11.5 Å². The lowest BCUT2D eigenvalue weighted by atomic mass is 10.2. The maximum Gasteiger partial charge on any atom is 0.251 e. The zero-order valence-corrected chi connectivity index (χ0v) is 13.5. The first-order chi connectivity index (χ1) is 9.70. The summed E-state index contributed by atoms with van der Waals surface area (Å²) in [4.78, 5) is 12.0. The minimum Gasteiger partial charge on any atom is -0.394 e. The van der Waals surface area contributed by atoms with E-state index in [0.29, 0.717) is 5.56 Å². The van der Waals surface area contributed by atoms with Crippen molar-refractivity contribution in [1.82, 2.24) is 9.62 Å². The molecule has 1 amide bonds. The molecule has 0 radical (unpaired) electrons. The predicted molar refractivity (Wildman–Crippen MR) is 80.5 cm³/mol. The summed E-state index contributed by atoms with van der Waals surface area (Å²) in [6.45, 7) is 5.09. The van der Waals surface area contributed by atoms with Crippen LogP contribution in [0, 0.1) is 0 Å². The number of hydrogen-bond acceptors (Lipinski definition) is 4. The number of nitrogens with one attached hydrogen (secondary N) is 1. The number of benzene rings is 1. The first kappa shape index (κ1) is 17.6. The van der Waals surface area contributed by atoms with Gasteiger partial charge in [0.25, 0.3) is 5.91 Å². The first-order valence-corrected chi connectivity index (χ1v) is 8.14. The van der Waals surface area contributed by atoms with Gasteiger partial charge in [-0.1, -0.05) is 0 Å². The van der Waals surface area contributed by atoms with Crippen LogP contribution in [-0.4, -0.2) is 49.5 Å². The third kappa shape index (κ3) is 4.26. The third-order valence-electron chi connectivity index (χ3n) is 3.17. The zero-order valence-electron chi connectivity index (χ0n) is 12.7. The maximum atomic E-state index is 12.3. The van der Waals surface area contributed by atoms with Crippen LogP contribution in [0.25, 0.3) is 0 Å². The summed E-state index contributed by atoms with van der Waals surface area (Å²) in [6.07, 6.45) is 0. The molecular formula is C14H22N2O4S. The molecule has 7 heteroatoms. The number of amides is 1. The molecule has 1 rings (SSSR count). The van der Waals surface area contributed by atoms with Gasteiger partial charge < -0.3 is 10.4 Å². The van der Waals surface area contributed by atoms with Crippen LogP contribution in [0.3, 0.4) is 0 Å². The minimum atomic E-state index is -3.55. The highest BCUT2D eigenvalue weighted by Gasteiger charge is 2.23. The van der Waals surface area contributed by atoms with Crippen molar-refractivity contribution in [2.75, 3.05) is 13.7 Å². The summed E-state index contributed by atoms with van der Waals surface area (Å²) >= 11 is 0. The largest absolute Gasteiger partial charge is 0.394 e. The Bertz CT molecular complexity index is 581. The number of carbonyl (C=O) groups excluding carboxylic acids is 1. The van der Waals surface area contributed by atoms with Gasteiger partial charge in [0, 0.05) is 24.7 Å². The monoisotopic (exact) mass is 314 g/mol. The van der Waals surface area contributed by atoms with Gasteiger partial charge in [-0.05, 0) is 45.0 Å². The molecule has 118 valence electrons. The molecule has 21 heavy (non-hydrogen) atoms. The van der Waals surface area contributed by atoms with E-state index in [1.54, 1.807) is 20.8 Å². The van der Waals surface area contributed by atoms with Gasteiger partial charge in [-0.2, -0.15) is 4.31 Å². The Morgan fingerprint density at radius 3 is 2.19 bits per heavy atom. The summed E-state index contributed by atoms with van der Waals surface area (Å²) in [5.74, 6) is -0.349. The van der Waals surface area contributed by atoms with Crippen molar-refractivity contribution in [3.8, 4) is 0 Å². The predicted octanol–water partition coefficient (Wildman–Crippen LogP) is 0.826. The Labute approximate surface area is 125 Å². The number of hydrogen-bond donors (Lipinski definition) is 2. The van der Waals surface area contributed by atoms with Crippen molar-refractivity contribution < 1.29 is 18.3 Å². The molecule has 2 N–H and O–H groups in total. The highest BCUT2D eigenvalue weighted by molar-refractivity contribution is 7.89. The van der Waals surface area contributed by atoms with E-state index in [1.165, 1.54) is 35.6 Å². The summed E-state index contributed by atoms with van der Waals surface area (Å²) in [5.41, 5.74) is 0.349. The molecule has 0 aliphatic rings. The van der Waals surface area contributed by atoms with Crippen molar-refractivity contribution in [1.29, 1.82) is 0 Å². The molecule has 0 spiro atoms. The number of sulfonamides is 1. The smallest absolute Gasteiger partial charge is 0.251 e. The van der Waals surface area contributed by atoms with E-state index in [9.17, 15) is 13.2 Å². The topological polar surface area (TPSA) is 86.7 Å². The van der Waals surface area contributed by atoms with E-state index >= 15 is 0 Å². The van der Waals surface area contributed by atoms with Crippen LogP contribution < -0.4 is 5.32 Å². The van der Waals surface area contributed by atoms with E-state index in [-0.39, 0.29) is 29.5 Å². The molecule has 0 aromatic heterocycles. The average Bonchev–Trinajstić information content (AvgIpc) is 2.46. The molecule has 0 fully saturated rings. The van der Waals surface area contributed by atoms with E-state index in [4.69, 9.17) is 5.11 Å². The number of carbonyl (C=O) groups is 1. The van der Waals surface area contributed by atoms with Gasteiger partial charge in [0.2, 0.25) is 10.0 Å². The molecule has 0 saturated carbocycles. The van der Waals surface area contributed by atoms with Crippen molar-refractivity contribution in [3.63, 3.8) is 0 Å². The first-order valence-electron chi connectivity index (χ1n) is 6.70. The second-order valence-corrected chi connectivity index (χ2v) is 7.19. The van der Waals surface area contributed by atoms with E-state index < -0.39 is 10.0 Å². The lowest BCUT2D eigenvalue weighted by Crippen LogP contribution is -2.35. The van der Waals surface area contributed by atoms with Crippen molar-refractivity contribution >= 4 is 15.9 Å². The maximum absolute atomic E-state index is 12.3. The molecule has 1 aromatic carbocycles. The van der Waals surface area contributed by atoms with Crippen molar-refractivity contribution in [2.45, 2.75) is 37.8 Å². The van der Waals surface area contributed by atoms with Crippen LogP contribution in [0.1, 0.15) is 31.1 Å². The van der Waals surface area contributed by atoms with Crippen molar-refractivity contribution in [2.24, 2.45) is 0 Å². The number of aliphatic hydroxyl groups excluding tert-OH is 1. The molecule has 1 atom stereocenters. The van der Waals surface area contributed by atoms with Gasteiger partial charge in [0.15, 0.2) is 0 Å². The fourth-order valence-electron chi connectivity index (χ4n) is 1.57. The summed E-state index contributed by atoms with van der Waals surface area (Å²) < 4.78 is 25.8. The molecule has 6 nitrogen and oxygen atoms in total. The summed E-state index contributed by atoms with van der Waals surface area (Å²) in [6, 6.07) is 5.23. The lowest BCUT2D eigenvalue weighted by molar-refractivity contribution is 0.0922. The fraction of sp³-hybridized carbons (Fsp3) is 0.500. The number of nitrogens with zero attached hydrogens (tertiary/aromatic N) is 1. The molecule has 0 bridgehead atoms. The molecule has 0 aliphatic carbocycles. The molecule has 0 heterocycles. The normalized spacial score (nSPS) is 13.5. The van der Waals surface area contributed by atoms with Crippen LogP contribution in [0.5, 0.6) is 0 Å². The standard InChI is InChI=1S/C14H22N2O4S/c1-10(2)16(4)21(19,20)13-7-5-12(6-8-13)14(18)15-11(3)9-17/h5-8,10-11,17H,9H2,1-4H3,(H,15,18). The fourth-order valence-corrected chi connectivity index (χ4v) is 2.94. The van der Waals surface area contributed by atoms with Crippen LogP contribution in [0.2, 0.25) is 0 Å². The zero-order chi connectivity index (χ0) is 16.2. The van der Waals surface area contributed by atoms with Gasteiger partial charge in [0.1, 0.15) is 0 Å². The minimum absolute atomic E-state index is 0.144. The Kier molecular flexibility index (Phi) is 5.88. The molecule has 1 unspecified atom stereocenters. The quantitative estimate of drug-likeness (QED) is 0.814. The van der Waals surface area contributed by atoms with Crippen LogP contribution >= 0.6 is 0 Å². The van der Waals surface area contributed by atoms with Gasteiger partial charge in [-0.15, -0.1) is 0 Å². The van der Waals surface area contributed by atoms with E-state index in [1.807, 2.05) is 0 Å². The van der Waals surface area contributed by atoms with E-state index in [0.717, 1.165) is 0 Å². The highest BCUT2D eigenvalue weighted by atomic mass is 32.2. The Hall–Kier alpha value is -1.44. The number of aliphatic hydroxyl groups is 1. The van der Waals surface area contributed by atoms with Crippen molar-refractivity contribution in [3.05, 3.63) is 29.8 Å². The highest BCUT2D eigenvalue weighted by Crippen LogP contribution is 2.17. The van der Waals surface area contributed by atoms with Crippen LogP contribution in [-0.2, 0) is 10.0 Å². The van der Waals surface area contributed by atoms with Crippen LogP contribution in [0.15, 0.2) is 29.2 Å². The molecule has 0 saturated heterocycles. The van der Waals surface area contributed by atoms with Gasteiger partial charge in [-0.3, -0.25) is 4.79 Å². The molecule has 1 aromatic rings. The second kappa shape index (κ2) is 7.02. The Balaban J connectivity index is 2.95.